The van der Waals surface area contributed by atoms with E-state index in [2.05, 4.69) is 17.1 Å². The van der Waals surface area contributed by atoms with Crippen LogP contribution in [0.3, 0.4) is 0 Å². The van der Waals surface area contributed by atoms with E-state index in [-0.39, 0.29) is 6.04 Å². The van der Waals surface area contributed by atoms with E-state index in [0.717, 1.165) is 11.7 Å². The molecule has 2 fully saturated rings. The standard InChI is InChI=1S/C12H19N3O/c1-7-3-2-4-9(7)12-14-11(15-16-12)10(13)8-5-6-8/h7-10H,2-6,13H2,1H3. The maximum Gasteiger partial charge on any atom is 0.230 e. The van der Waals surface area contributed by atoms with E-state index in [0.29, 0.717) is 17.8 Å². The first kappa shape index (κ1) is 10.3. The molecule has 0 aromatic carbocycles. The van der Waals surface area contributed by atoms with Crippen LogP contribution in [0.15, 0.2) is 4.52 Å². The van der Waals surface area contributed by atoms with Crippen molar-refractivity contribution in [2.75, 3.05) is 0 Å². The van der Waals surface area contributed by atoms with Gasteiger partial charge in [-0.15, -0.1) is 0 Å². The van der Waals surface area contributed by atoms with E-state index in [1.807, 2.05) is 0 Å². The molecule has 3 atom stereocenters. The minimum Gasteiger partial charge on any atom is -0.339 e. The van der Waals surface area contributed by atoms with Crippen LogP contribution >= 0.6 is 0 Å². The summed E-state index contributed by atoms with van der Waals surface area (Å²) < 4.78 is 5.38. The zero-order chi connectivity index (χ0) is 11.1. The van der Waals surface area contributed by atoms with Gasteiger partial charge < -0.3 is 10.3 Å². The van der Waals surface area contributed by atoms with Crippen molar-refractivity contribution in [2.45, 2.75) is 51.0 Å². The van der Waals surface area contributed by atoms with E-state index in [4.69, 9.17) is 10.3 Å². The fraction of sp³-hybridized carbons (Fsp3) is 0.833. The molecule has 88 valence electrons. The van der Waals surface area contributed by atoms with Crippen LogP contribution in [0.25, 0.3) is 0 Å². The molecule has 0 radical (unpaired) electrons. The van der Waals surface area contributed by atoms with Gasteiger partial charge in [0, 0.05) is 5.92 Å². The Labute approximate surface area is 95.6 Å². The predicted octanol–water partition coefficient (Wildman–Crippen LogP) is 2.38. The summed E-state index contributed by atoms with van der Waals surface area (Å²) in [4.78, 5) is 4.50. The molecule has 0 aliphatic heterocycles. The second-order valence-corrected chi connectivity index (χ2v) is 5.37. The zero-order valence-electron chi connectivity index (χ0n) is 9.72. The van der Waals surface area contributed by atoms with Crippen molar-refractivity contribution >= 4 is 0 Å². The van der Waals surface area contributed by atoms with Crippen LogP contribution in [0.2, 0.25) is 0 Å². The second kappa shape index (κ2) is 3.84. The maximum atomic E-state index is 6.06. The third kappa shape index (κ3) is 1.75. The van der Waals surface area contributed by atoms with Crippen LogP contribution in [0.5, 0.6) is 0 Å². The first-order chi connectivity index (χ1) is 7.75. The highest BCUT2D eigenvalue weighted by Gasteiger charge is 2.35. The smallest absolute Gasteiger partial charge is 0.230 e. The van der Waals surface area contributed by atoms with Gasteiger partial charge in [-0.05, 0) is 37.5 Å². The van der Waals surface area contributed by atoms with Gasteiger partial charge in [-0.1, -0.05) is 18.5 Å². The predicted molar refractivity (Wildman–Crippen MR) is 59.7 cm³/mol. The molecule has 1 aromatic rings. The van der Waals surface area contributed by atoms with Crippen LogP contribution in [-0.4, -0.2) is 10.1 Å². The molecule has 2 aliphatic carbocycles. The molecule has 2 N–H and O–H groups in total. The van der Waals surface area contributed by atoms with Crippen molar-refractivity contribution in [1.29, 1.82) is 0 Å². The van der Waals surface area contributed by atoms with E-state index in [1.54, 1.807) is 0 Å². The van der Waals surface area contributed by atoms with Crippen molar-refractivity contribution in [3.8, 4) is 0 Å². The lowest BCUT2D eigenvalue weighted by Gasteiger charge is -2.09. The van der Waals surface area contributed by atoms with Crippen LogP contribution in [0, 0.1) is 11.8 Å². The number of hydrogen-bond acceptors (Lipinski definition) is 4. The molecule has 16 heavy (non-hydrogen) atoms. The molecule has 4 heteroatoms. The minimum absolute atomic E-state index is 0.00536. The monoisotopic (exact) mass is 221 g/mol. The summed E-state index contributed by atoms with van der Waals surface area (Å²) in [6, 6.07) is -0.00536. The van der Waals surface area contributed by atoms with Gasteiger partial charge in [-0.3, -0.25) is 0 Å². The quantitative estimate of drug-likeness (QED) is 0.851. The van der Waals surface area contributed by atoms with Crippen molar-refractivity contribution in [3.05, 3.63) is 11.7 Å². The third-order valence-corrected chi connectivity index (χ3v) is 4.06. The van der Waals surface area contributed by atoms with Crippen LogP contribution in [0.1, 0.15) is 62.7 Å². The Balaban J connectivity index is 1.76. The lowest BCUT2D eigenvalue weighted by atomic mass is 9.98. The highest BCUT2D eigenvalue weighted by atomic mass is 16.5. The van der Waals surface area contributed by atoms with E-state index in [9.17, 15) is 0 Å². The van der Waals surface area contributed by atoms with Crippen molar-refractivity contribution < 1.29 is 4.52 Å². The van der Waals surface area contributed by atoms with E-state index >= 15 is 0 Å². The first-order valence-corrected chi connectivity index (χ1v) is 6.35. The summed E-state index contributed by atoms with van der Waals surface area (Å²) in [7, 11) is 0. The molecule has 3 rings (SSSR count). The summed E-state index contributed by atoms with van der Waals surface area (Å²) in [5, 5.41) is 4.05. The molecule has 0 saturated heterocycles. The van der Waals surface area contributed by atoms with Crippen LogP contribution in [0.4, 0.5) is 0 Å². The van der Waals surface area contributed by atoms with Crippen molar-refractivity contribution in [3.63, 3.8) is 0 Å². The molecule has 0 bridgehead atoms. The van der Waals surface area contributed by atoms with Crippen LogP contribution in [-0.2, 0) is 0 Å². The molecule has 3 unspecified atom stereocenters. The third-order valence-electron chi connectivity index (χ3n) is 4.06. The molecule has 1 aromatic heterocycles. The lowest BCUT2D eigenvalue weighted by molar-refractivity contribution is 0.326. The average molecular weight is 221 g/mol. The Morgan fingerprint density at radius 3 is 2.75 bits per heavy atom. The maximum absolute atomic E-state index is 6.06. The Morgan fingerprint density at radius 2 is 2.12 bits per heavy atom. The summed E-state index contributed by atoms with van der Waals surface area (Å²) in [6.45, 7) is 2.27. The van der Waals surface area contributed by atoms with Gasteiger partial charge in [0.2, 0.25) is 5.89 Å². The Hall–Kier alpha value is -0.900. The topological polar surface area (TPSA) is 64.9 Å². The number of nitrogens with two attached hydrogens (primary N) is 1. The second-order valence-electron chi connectivity index (χ2n) is 5.37. The molecule has 2 aliphatic rings. The summed E-state index contributed by atoms with van der Waals surface area (Å²) in [5.41, 5.74) is 6.06. The molecular formula is C12H19N3O. The summed E-state index contributed by atoms with van der Waals surface area (Å²) >= 11 is 0. The van der Waals surface area contributed by atoms with Gasteiger partial charge in [0.1, 0.15) is 0 Å². The molecule has 0 amide bonds. The van der Waals surface area contributed by atoms with E-state index in [1.165, 1.54) is 32.1 Å². The van der Waals surface area contributed by atoms with Gasteiger partial charge >= 0.3 is 0 Å². The largest absolute Gasteiger partial charge is 0.339 e. The number of aromatic nitrogens is 2. The molecule has 4 nitrogen and oxygen atoms in total. The van der Waals surface area contributed by atoms with Gasteiger partial charge in [-0.25, -0.2) is 0 Å². The highest BCUT2D eigenvalue weighted by Crippen LogP contribution is 2.41. The SMILES string of the molecule is CC1CCCC1c1nc(C(N)C2CC2)no1. The highest BCUT2D eigenvalue weighted by molar-refractivity contribution is 5.04. The number of nitrogens with zero attached hydrogens (tertiary/aromatic N) is 2. The van der Waals surface area contributed by atoms with Gasteiger partial charge in [0.05, 0.1) is 6.04 Å². The van der Waals surface area contributed by atoms with Crippen molar-refractivity contribution in [2.24, 2.45) is 17.6 Å². The van der Waals surface area contributed by atoms with Crippen molar-refractivity contribution in [1.82, 2.24) is 10.1 Å². The lowest BCUT2D eigenvalue weighted by Crippen LogP contribution is -2.14. The Kier molecular flexibility index (Phi) is 2.46. The first-order valence-electron chi connectivity index (χ1n) is 6.35. The molecule has 0 spiro atoms. The summed E-state index contributed by atoms with van der Waals surface area (Å²) in [5.74, 6) is 3.26. The van der Waals surface area contributed by atoms with Crippen LogP contribution < -0.4 is 5.73 Å². The Morgan fingerprint density at radius 1 is 1.31 bits per heavy atom. The number of rotatable bonds is 3. The minimum atomic E-state index is -0.00536. The molecule has 1 heterocycles. The average Bonchev–Trinajstić information content (AvgIpc) is 2.86. The van der Waals surface area contributed by atoms with Gasteiger partial charge in [0.25, 0.3) is 0 Å². The normalized spacial score (nSPS) is 31.9. The van der Waals surface area contributed by atoms with Gasteiger partial charge in [0.15, 0.2) is 5.82 Å². The van der Waals surface area contributed by atoms with E-state index < -0.39 is 0 Å². The fourth-order valence-electron chi connectivity index (χ4n) is 2.71. The fourth-order valence-corrected chi connectivity index (χ4v) is 2.71. The van der Waals surface area contributed by atoms with Gasteiger partial charge in [-0.2, -0.15) is 4.98 Å². The molecular weight excluding hydrogens is 202 g/mol. The summed E-state index contributed by atoms with van der Waals surface area (Å²) in [6.07, 6.45) is 6.16. The number of hydrogen-bond donors (Lipinski definition) is 1. The zero-order valence-corrected chi connectivity index (χ0v) is 9.72. The Bertz CT molecular complexity index is 372. The molecule has 2 saturated carbocycles.